The first kappa shape index (κ1) is 19.5. The maximum Gasteiger partial charge on any atom is 0.230 e. The second kappa shape index (κ2) is 8.61. The van der Waals surface area contributed by atoms with E-state index in [4.69, 9.17) is 32.7 Å². The van der Waals surface area contributed by atoms with Crippen LogP contribution in [0.5, 0.6) is 11.5 Å². The van der Waals surface area contributed by atoms with Gasteiger partial charge in [0.25, 0.3) is 0 Å². The van der Waals surface area contributed by atoms with E-state index < -0.39 is 0 Å². The largest absolute Gasteiger partial charge is 0.497 e. The van der Waals surface area contributed by atoms with Crippen LogP contribution in [-0.2, 0) is 11.2 Å². The van der Waals surface area contributed by atoms with Gasteiger partial charge >= 0.3 is 0 Å². The molecule has 0 aliphatic carbocycles. The van der Waals surface area contributed by atoms with E-state index in [-0.39, 0.29) is 12.3 Å². The standard InChI is InChI=1S/C19H16Cl2N2O3S/c1-25-12-6-7-15(16(9-12)26-2)23-17(24)8-11-10-27-19(22-11)18-13(20)4-3-5-14(18)21/h3-7,9-10H,8H2,1-2H3,(H,23,24). The first-order valence-electron chi connectivity index (χ1n) is 7.92. The van der Waals surface area contributed by atoms with Gasteiger partial charge < -0.3 is 14.8 Å². The van der Waals surface area contributed by atoms with Crippen molar-refractivity contribution in [1.29, 1.82) is 0 Å². The molecule has 1 amide bonds. The highest BCUT2D eigenvalue weighted by molar-refractivity contribution is 7.13. The summed E-state index contributed by atoms with van der Waals surface area (Å²) in [5.41, 5.74) is 1.87. The van der Waals surface area contributed by atoms with Crippen molar-refractivity contribution < 1.29 is 14.3 Å². The Bertz CT molecular complexity index is 955. The van der Waals surface area contributed by atoms with Gasteiger partial charge in [-0.05, 0) is 24.3 Å². The molecule has 5 nitrogen and oxygen atoms in total. The number of nitrogens with one attached hydrogen (secondary N) is 1. The summed E-state index contributed by atoms with van der Waals surface area (Å²) in [7, 11) is 3.10. The fraction of sp³-hybridized carbons (Fsp3) is 0.158. The Morgan fingerprint density at radius 1 is 1.15 bits per heavy atom. The number of amides is 1. The smallest absolute Gasteiger partial charge is 0.230 e. The summed E-state index contributed by atoms with van der Waals surface area (Å²) < 4.78 is 10.4. The van der Waals surface area contributed by atoms with Crippen LogP contribution in [0.15, 0.2) is 41.8 Å². The minimum absolute atomic E-state index is 0.119. The molecule has 1 N–H and O–H groups in total. The van der Waals surface area contributed by atoms with Crippen LogP contribution in [0.3, 0.4) is 0 Å². The molecule has 0 aliphatic rings. The topological polar surface area (TPSA) is 60.5 Å². The highest BCUT2D eigenvalue weighted by Crippen LogP contribution is 2.36. The Labute approximate surface area is 170 Å². The molecule has 1 aromatic heterocycles. The lowest BCUT2D eigenvalue weighted by atomic mass is 10.2. The first-order valence-corrected chi connectivity index (χ1v) is 9.56. The lowest BCUT2D eigenvalue weighted by Crippen LogP contribution is -2.15. The lowest BCUT2D eigenvalue weighted by molar-refractivity contribution is -0.115. The van der Waals surface area contributed by atoms with Crippen molar-refractivity contribution in [3.63, 3.8) is 0 Å². The number of nitrogens with zero attached hydrogens (tertiary/aromatic N) is 1. The monoisotopic (exact) mass is 422 g/mol. The van der Waals surface area contributed by atoms with Gasteiger partial charge in [0.2, 0.25) is 5.91 Å². The van der Waals surface area contributed by atoms with Crippen molar-refractivity contribution in [1.82, 2.24) is 4.98 Å². The number of rotatable bonds is 6. The molecule has 8 heteroatoms. The second-order valence-corrected chi connectivity index (χ2v) is 7.20. The molecule has 3 aromatic rings. The predicted molar refractivity (Wildman–Crippen MR) is 109 cm³/mol. The summed E-state index contributed by atoms with van der Waals surface area (Å²) in [6.45, 7) is 0. The Morgan fingerprint density at radius 2 is 1.89 bits per heavy atom. The van der Waals surface area contributed by atoms with Crippen LogP contribution in [0.25, 0.3) is 10.6 Å². The van der Waals surface area contributed by atoms with Crippen LogP contribution in [0.2, 0.25) is 10.0 Å². The molecule has 0 saturated carbocycles. The molecule has 27 heavy (non-hydrogen) atoms. The first-order chi connectivity index (χ1) is 13.0. The Kier molecular flexibility index (Phi) is 6.21. The quantitative estimate of drug-likeness (QED) is 0.583. The predicted octanol–water partition coefficient (Wildman–Crippen LogP) is 5.32. The molecule has 0 fully saturated rings. The molecule has 0 spiro atoms. The van der Waals surface area contributed by atoms with E-state index in [1.165, 1.54) is 18.4 Å². The minimum atomic E-state index is -0.208. The normalized spacial score (nSPS) is 10.5. The molecule has 0 unspecified atom stereocenters. The molecular formula is C19H16Cl2N2O3S. The maximum atomic E-state index is 12.4. The fourth-order valence-electron chi connectivity index (χ4n) is 2.47. The van der Waals surface area contributed by atoms with E-state index in [0.717, 1.165) is 0 Å². The van der Waals surface area contributed by atoms with Crippen LogP contribution < -0.4 is 14.8 Å². The summed E-state index contributed by atoms with van der Waals surface area (Å²) in [4.78, 5) is 16.9. The number of thiazole rings is 1. The van der Waals surface area contributed by atoms with Gasteiger partial charge in [-0.1, -0.05) is 29.3 Å². The van der Waals surface area contributed by atoms with Gasteiger partial charge in [-0.25, -0.2) is 4.98 Å². The number of anilines is 1. The summed E-state index contributed by atoms with van der Waals surface area (Å²) in [5, 5.41) is 6.37. The SMILES string of the molecule is COc1ccc(NC(=O)Cc2csc(-c3c(Cl)cccc3Cl)n2)c(OC)c1. The second-order valence-electron chi connectivity index (χ2n) is 5.53. The van der Waals surface area contributed by atoms with Crippen molar-refractivity contribution in [3.05, 3.63) is 57.5 Å². The van der Waals surface area contributed by atoms with Gasteiger partial charge in [0.1, 0.15) is 16.5 Å². The van der Waals surface area contributed by atoms with Crippen molar-refractivity contribution in [2.45, 2.75) is 6.42 Å². The van der Waals surface area contributed by atoms with E-state index in [1.807, 2.05) is 5.38 Å². The van der Waals surface area contributed by atoms with Gasteiger partial charge in [-0.3, -0.25) is 4.79 Å². The lowest BCUT2D eigenvalue weighted by Gasteiger charge is -2.11. The van der Waals surface area contributed by atoms with Gasteiger partial charge in [0.05, 0.1) is 42.1 Å². The summed E-state index contributed by atoms with van der Waals surface area (Å²) >= 11 is 13.8. The molecule has 0 radical (unpaired) electrons. The van der Waals surface area contributed by atoms with Crippen molar-refractivity contribution in [2.75, 3.05) is 19.5 Å². The average Bonchev–Trinajstić information content (AvgIpc) is 3.09. The molecule has 0 saturated heterocycles. The highest BCUT2D eigenvalue weighted by atomic mass is 35.5. The van der Waals surface area contributed by atoms with Crippen LogP contribution in [0, 0.1) is 0 Å². The van der Waals surface area contributed by atoms with Crippen molar-refractivity contribution in [3.8, 4) is 22.1 Å². The fourth-order valence-corrected chi connectivity index (χ4v) is 4.05. The van der Waals surface area contributed by atoms with Gasteiger partial charge in [-0.2, -0.15) is 0 Å². The number of hydrogen-bond donors (Lipinski definition) is 1. The Balaban J connectivity index is 1.74. The van der Waals surface area contributed by atoms with Crippen LogP contribution in [-0.4, -0.2) is 25.1 Å². The Morgan fingerprint density at radius 3 is 2.56 bits per heavy atom. The molecule has 1 heterocycles. The summed E-state index contributed by atoms with van der Waals surface area (Å²) in [6.07, 6.45) is 0.119. The minimum Gasteiger partial charge on any atom is -0.497 e. The third-order valence-corrected chi connectivity index (χ3v) is 5.29. The molecular weight excluding hydrogens is 407 g/mol. The number of carbonyl (C=O) groups is 1. The van der Waals surface area contributed by atoms with E-state index in [2.05, 4.69) is 10.3 Å². The number of halogens is 2. The van der Waals surface area contributed by atoms with Gasteiger partial charge in [0, 0.05) is 17.0 Å². The number of methoxy groups -OCH3 is 2. The molecule has 2 aromatic carbocycles. The summed E-state index contributed by atoms with van der Waals surface area (Å²) in [6, 6.07) is 10.5. The Hall–Kier alpha value is -2.28. The zero-order valence-corrected chi connectivity index (χ0v) is 16.9. The molecule has 0 aliphatic heterocycles. The van der Waals surface area contributed by atoms with E-state index >= 15 is 0 Å². The number of carbonyl (C=O) groups excluding carboxylic acids is 1. The van der Waals surface area contributed by atoms with Gasteiger partial charge in [-0.15, -0.1) is 11.3 Å². The maximum absolute atomic E-state index is 12.4. The van der Waals surface area contributed by atoms with Crippen LogP contribution >= 0.6 is 34.5 Å². The summed E-state index contributed by atoms with van der Waals surface area (Å²) in [5.74, 6) is 0.954. The van der Waals surface area contributed by atoms with Crippen LogP contribution in [0.4, 0.5) is 5.69 Å². The third kappa shape index (κ3) is 4.53. The van der Waals surface area contributed by atoms with Crippen molar-refractivity contribution in [2.24, 2.45) is 0 Å². The van der Waals surface area contributed by atoms with Crippen LogP contribution in [0.1, 0.15) is 5.69 Å². The molecule has 0 atom stereocenters. The zero-order valence-electron chi connectivity index (χ0n) is 14.6. The molecule has 0 bridgehead atoms. The van der Waals surface area contributed by atoms with E-state index in [9.17, 15) is 4.79 Å². The van der Waals surface area contributed by atoms with Gasteiger partial charge in [0.15, 0.2) is 0 Å². The molecule has 140 valence electrons. The average molecular weight is 423 g/mol. The number of hydrogen-bond acceptors (Lipinski definition) is 5. The molecule has 3 rings (SSSR count). The van der Waals surface area contributed by atoms with Crippen molar-refractivity contribution >= 4 is 46.1 Å². The number of aromatic nitrogens is 1. The number of ether oxygens (including phenoxy) is 2. The van der Waals surface area contributed by atoms with E-state index in [0.29, 0.717) is 43.5 Å². The van der Waals surface area contributed by atoms with E-state index in [1.54, 1.807) is 43.5 Å². The highest BCUT2D eigenvalue weighted by Gasteiger charge is 2.15. The zero-order chi connectivity index (χ0) is 19.4. The number of benzene rings is 2. The third-order valence-electron chi connectivity index (χ3n) is 3.75.